The van der Waals surface area contributed by atoms with Crippen LogP contribution in [0.5, 0.6) is 11.5 Å². The molecule has 0 spiro atoms. The van der Waals surface area contributed by atoms with Gasteiger partial charge in [0.2, 0.25) is 0 Å². The minimum Gasteiger partial charge on any atom is -0.494 e. The summed E-state index contributed by atoms with van der Waals surface area (Å²) in [6.45, 7) is 6.95. The monoisotopic (exact) mass is 350 g/mol. The molecule has 6 heteroatoms. The van der Waals surface area contributed by atoms with Crippen molar-refractivity contribution in [3.8, 4) is 11.5 Å². The summed E-state index contributed by atoms with van der Waals surface area (Å²) in [5.74, 6) is 1.87. The van der Waals surface area contributed by atoms with Gasteiger partial charge in [-0.2, -0.15) is 0 Å². The summed E-state index contributed by atoms with van der Waals surface area (Å²) in [4.78, 5) is 0. The number of ether oxygens (including phenoxy) is 3. The fourth-order valence-electron chi connectivity index (χ4n) is 3.16. The van der Waals surface area contributed by atoms with Gasteiger partial charge < -0.3 is 24.8 Å². The van der Waals surface area contributed by atoms with E-state index in [1.807, 2.05) is 6.92 Å². The molecule has 1 aromatic rings. The molecular weight excluding hydrogens is 324 g/mol. The van der Waals surface area contributed by atoms with Crippen LogP contribution in [0, 0.1) is 0 Å². The molecule has 2 aliphatic rings. The maximum absolute atomic E-state index is 5.85. The van der Waals surface area contributed by atoms with Gasteiger partial charge in [0.05, 0.1) is 12.7 Å². The van der Waals surface area contributed by atoms with Crippen LogP contribution >= 0.6 is 12.2 Å². The highest BCUT2D eigenvalue weighted by atomic mass is 32.1. The van der Waals surface area contributed by atoms with Gasteiger partial charge >= 0.3 is 0 Å². The van der Waals surface area contributed by atoms with E-state index in [0.29, 0.717) is 18.3 Å². The van der Waals surface area contributed by atoms with Crippen molar-refractivity contribution in [1.82, 2.24) is 10.6 Å². The Bertz CT molecular complexity index is 588. The molecule has 2 atom stereocenters. The third-order valence-corrected chi connectivity index (χ3v) is 4.62. The lowest BCUT2D eigenvalue weighted by atomic mass is 10.1. The van der Waals surface area contributed by atoms with Crippen molar-refractivity contribution >= 4 is 17.3 Å². The fourth-order valence-corrected chi connectivity index (χ4v) is 3.31. The van der Waals surface area contributed by atoms with Gasteiger partial charge in [0, 0.05) is 37.2 Å². The summed E-state index contributed by atoms with van der Waals surface area (Å²) in [7, 11) is 0. The van der Waals surface area contributed by atoms with Gasteiger partial charge in [0.15, 0.2) is 5.11 Å². The van der Waals surface area contributed by atoms with Crippen LogP contribution in [0.4, 0.5) is 0 Å². The van der Waals surface area contributed by atoms with Crippen molar-refractivity contribution in [2.24, 2.45) is 0 Å². The lowest BCUT2D eigenvalue weighted by Gasteiger charge is -2.16. The topological polar surface area (TPSA) is 51.8 Å². The van der Waals surface area contributed by atoms with Crippen molar-refractivity contribution in [3.05, 3.63) is 23.3 Å². The number of hydrogen-bond donors (Lipinski definition) is 2. The Labute approximate surface area is 149 Å². The van der Waals surface area contributed by atoms with E-state index in [0.717, 1.165) is 49.5 Å². The largest absolute Gasteiger partial charge is 0.494 e. The number of nitrogens with one attached hydrogen (secondary N) is 2. The highest BCUT2D eigenvalue weighted by molar-refractivity contribution is 7.80. The Hall–Kier alpha value is -1.53. The van der Waals surface area contributed by atoms with E-state index in [-0.39, 0.29) is 12.2 Å². The zero-order chi connectivity index (χ0) is 16.9. The SMILES string of the molecule is CCOc1cc2c(cc1CNC(=S)NC[C@@H]1CCCO1)O[C@H](C)C2. The smallest absolute Gasteiger partial charge is 0.166 e. The third kappa shape index (κ3) is 4.30. The van der Waals surface area contributed by atoms with Crippen LogP contribution in [0.15, 0.2) is 12.1 Å². The standard InChI is InChI=1S/C18H26N2O3S/c1-3-21-16-8-13-7-12(2)23-17(13)9-14(16)10-19-18(24)20-11-15-5-4-6-22-15/h8-9,12,15H,3-7,10-11H2,1-2H3,(H2,19,20,24)/t12-,15+/m1/s1. The lowest BCUT2D eigenvalue weighted by molar-refractivity contribution is 0.114. The number of thiocarbonyl (C=S) groups is 1. The van der Waals surface area contributed by atoms with Crippen LogP contribution in [0.3, 0.4) is 0 Å². The van der Waals surface area contributed by atoms with E-state index in [1.54, 1.807) is 0 Å². The molecule has 5 nitrogen and oxygen atoms in total. The fraction of sp³-hybridized carbons (Fsp3) is 0.611. The van der Waals surface area contributed by atoms with Crippen LogP contribution in [-0.4, -0.2) is 37.1 Å². The molecule has 0 bridgehead atoms. The Morgan fingerprint density at radius 3 is 3.00 bits per heavy atom. The molecule has 0 aromatic heterocycles. The Kier molecular flexibility index (Phi) is 5.79. The highest BCUT2D eigenvalue weighted by Crippen LogP contribution is 2.35. The molecule has 1 aromatic carbocycles. The maximum atomic E-state index is 5.85. The molecule has 0 aliphatic carbocycles. The van der Waals surface area contributed by atoms with Crippen molar-refractivity contribution in [2.75, 3.05) is 19.8 Å². The van der Waals surface area contributed by atoms with Gasteiger partial charge in [-0.25, -0.2) is 0 Å². The molecule has 0 unspecified atom stereocenters. The number of benzene rings is 1. The van der Waals surface area contributed by atoms with Crippen LogP contribution in [-0.2, 0) is 17.7 Å². The molecule has 2 N–H and O–H groups in total. The summed E-state index contributed by atoms with van der Waals surface area (Å²) in [6, 6.07) is 4.17. The van der Waals surface area contributed by atoms with E-state index in [4.69, 9.17) is 26.4 Å². The molecular formula is C18H26N2O3S. The van der Waals surface area contributed by atoms with E-state index < -0.39 is 0 Å². The lowest BCUT2D eigenvalue weighted by Crippen LogP contribution is -2.39. The van der Waals surface area contributed by atoms with Gasteiger partial charge in [-0.3, -0.25) is 0 Å². The summed E-state index contributed by atoms with van der Waals surface area (Å²) in [5.41, 5.74) is 2.28. The third-order valence-electron chi connectivity index (χ3n) is 4.33. The highest BCUT2D eigenvalue weighted by Gasteiger charge is 2.22. The van der Waals surface area contributed by atoms with Gasteiger partial charge in [0.25, 0.3) is 0 Å². The van der Waals surface area contributed by atoms with E-state index in [2.05, 4.69) is 29.7 Å². The van der Waals surface area contributed by atoms with E-state index >= 15 is 0 Å². The van der Waals surface area contributed by atoms with E-state index in [9.17, 15) is 0 Å². The van der Waals surface area contributed by atoms with Gasteiger partial charge in [0.1, 0.15) is 17.6 Å². The minimum atomic E-state index is 0.229. The van der Waals surface area contributed by atoms with E-state index in [1.165, 1.54) is 5.56 Å². The normalized spacial score (nSPS) is 21.9. The number of fused-ring (bicyclic) bond motifs is 1. The van der Waals surface area contributed by atoms with Crippen molar-refractivity contribution in [2.45, 2.75) is 51.9 Å². The molecule has 0 radical (unpaired) electrons. The Morgan fingerprint density at radius 2 is 2.25 bits per heavy atom. The summed E-state index contributed by atoms with van der Waals surface area (Å²) in [6.07, 6.45) is 3.68. The number of hydrogen-bond acceptors (Lipinski definition) is 4. The molecule has 0 saturated carbocycles. The van der Waals surface area contributed by atoms with Gasteiger partial charge in [-0.15, -0.1) is 0 Å². The molecule has 0 amide bonds. The van der Waals surface area contributed by atoms with Crippen LogP contribution in [0.1, 0.15) is 37.8 Å². The van der Waals surface area contributed by atoms with Crippen molar-refractivity contribution in [1.29, 1.82) is 0 Å². The molecule has 1 saturated heterocycles. The van der Waals surface area contributed by atoms with Crippen molar-refractivity contribution in [3.63, 3.8) is 0 Å². The Balaban J connectivity index is 1.57. The average molecular weight is 350 g/mol. The molecule has 1 fully saturated rings. The number of rotatable bonds is 6. The molecule has 24 heavy (non-hydrogen) atoms. The first-order chi connectivity index (χ1) is 11.7. The first kappa shape index (κ1) is 17.3. The second-order valence-electron chi connectivity index (χ2n) is 6.33. The van der Waals surface area contributed by atoms with Crippen LogP contribution < -0.4 is 20.1 Å². The second kappa shape index (κ2) is 8.03. The van der Waals surface area contributed by atoms with Gasteiger partial charge in [-0.1, -0.05) is 0 Å². The van der Waals surface area contributed by atoms with Crippen LogP contribution in [0.25, 0.3) is 0 Å². The summed E-state index contributed by atoms with van der Waals surface area (Å²) < 4.78 is 17.2. The van der Waals surface area contributed by atoms with Crippen molar-refractivity contribution < 1.29 is 14.2 Å². The predicted molar refractivity (Wildman–Crippen MR) is 97.8 cm³/mol. The molecule has 2 heterocycles. The molecule has 132 valence electrons. The first-order valence-electron chi connectivity index (χ1n) is 8.74. The summed E-state index contributed by atoms with van der Waals surface area (Å²) >= 11 is 5.36. The molecule has 2 aliphatic heterocycles. The van der Waals surface area contributed by atoms with Gasteiger partial charge in [-0.05, 0) is 51.0 Å². The molecule has 3 rings (SSSR count). The maximum Gasteiger partial charge on any atom is 0.166 e. The predicted octanol–water partition coefficient (Wildman–Crippen LogP) is 2.55. The second-order valence-corrected chi connectivity index (χ2v) is 6.74. The summed E-state index contributed by atoms with van der Waals surface area (Å²) in [5, 5.41) is 7.12. The minimum absolute atomic E-state index is 0.229. The quantitative estimate of drug-likeness (QED) is 0.769. The zero-order valence-electron chi connectivity index (χ0n) is 14.4. The Morgan fingerprint density at radius 1 is 1.38 bits per heavy atom. The van der Waals surface area contributed by atoms with Crippen LogP contribution in [0.2, 0.25) is 0 Å². The first-order valence-corrected chi connectivity index (χ1v) is 9.15. The average Bonchev–Trinajstić information content (AvgIpc) is 3.19. The zero-order valence-corrected chi connectivity index (χ0v) is 15.2.